The second-order valence-corrected chi connectivity index (χ2v) is 21.9. The van der Waals surface area contributed by atoms with Crippen molar-refractivity contribution in [3.63, 3.8) is 0 Å². The number of allylic oxidation sites excluding steroid dienone is 1. The zero-order chi connectivity index (χ0) is 38.5. The number of benzene rings is 6. The Morgan fingerprint density at radius 1 is 0.737 bits per heavy atom. The Kier molecular flexibility index (Phi) is 6.39. The Balaban J connectivity index is 1.20. The van der Waals surface area contributed by atoms with Crippen LogP contribution in [0.3, 0.4) is 0 Å². The van der Waals surface area contributed by atoms with Gasteiger partial charge in [0.2, 0.25) is 5.69 Å². The lowest BCUT2D eigenvalue weighted by Crippen LogP contribution is -2.74. The van der Waals surface area contributed by atoms with Crippen LogP contribution in [0.2, 0.25) is 19.6 Å². The van der Waals surface area contributed by atoms with Gasteiger partial charge in [0.25, 0.3) is 5.82 Å². The van der Waals surface area contributed by atoms with E-state index in [1.165, 1.54) is 40.2 Å². The fraction of sp³-hybridized carbons (Fsp3) is 0.120. The minimum atomic E-state index is -1.65. The number of para-hydroxylation sites is 3. The third kappa shape index (κ3) is 4.04. The molecule has 3 aliphatic rings. The lowest BCUT2D eigenvalue weighted by Gasteiger charge is -2.52. The van der Waals surface area contributed by atoms with Crippen LogP contribution in [-0.4, -0.2) is 12.6 Å². The van der Waals surface area contributed by atoms with Crippen molar-refractivity contribution in [2.45, 2.75) is 37.1 Å². The SMILES string of the molecule is C=C1C2C(c3ccccc3-c3ccc([Si](C)(C)C)c[n+]32)C12c1ccc3c(oc4cc(-c5c(F)cccc5F)ccc43)c1-c1n(-c3ccccc3)c3ccccc3[n+]12. The maximum atomic E-state index is 15.1. The molecule has 6 aromatic carbocycles. The molecule has 0 radical (unpaired) electrons. The summed E-state index contributed by atoms with van der Waals surface area (Å²) in [5.74, 6) is -0.174. The van der Waals surface area contributed by atoms with E-state index in [2.05, 4.69) is 137 Å². The molecule has 3 aromatic heterocycles. The summed E-state index contributed by atoms with van der Waals surface area (Å²) in [7, 11) is -1.65. The standard InChI is InChI=1S/C50H37F2N3OSi/c1-29-47-46(35-16-9-8-15-33(35)40-26-22-32(28-53(40)47)57(2,3)4)50(29)37-25-24-36-34-23-21-30(44-38(51)17-12-18-39(44)52)27-43(34)56-48(36)45(37)49-54(31-13-6-5-7-14-31)41-19-10-11-20-42(41)55(49)50/h5-28,46-47H,1H2,2-4H3/q+2. The second kappa shape index (κ2) is 11.1. The predicted molar refractivity (Wildman–Crippen MR) is 225 cm³/mol. The van der Waals surface area contributed by atoms with E-state index in [0.29, 0.717) is 11.1 Å². The summed E-state index contributed by atoms with van der Waals surface area (Å²) < 4.78 is 44.6. The number of imidazole rings is 1. The van der Waals surface area contributed by atoms with Gasteiger partial charge in [-0.05, 0) is 71.8 Å². The first-order valence-corrected chi connectivity index (χ1v) is 23.1. The number of hydrogen-bond donors (Lipinski definition) is 0. The molecule has 9 aromatic rings. The first-order valence-electron chi connectivity index (χ1n) is 19.6. The van der Waals surface area contributed by atoms with Crippen LogP contribution in [0.15, 0.2) is 162 Å². The molecule has 0 bridgehead atoms. The van der Waals surface area contributed by atoms with Crippen LogP contribution >= 0.6 is 0 Å². The van der Waals surface area contributed by atoms with Crippen LogP contribution in [0.25, 0.3) is 72.4 Å². The van der Waals surface area contributed by atoms with E-state index in [1.807, 2.05) is 12.1 Å². The first kappa shape index (κ1) is 32.8. The maximum absolute atomic E-state index is 15.1. The van der Waals surface area contributed by atoms with Gasteiger partial charge in [-0.3, -0.25) is 0 Å². The minimum absolute atomic E-state index is 0.0214. The van der Waals surface area contributed by atoms with Crippen LogP contribution in [0.5, 0.6) is 0 Å². The largest absolute Gasteiger partial charge is 0.455 e. The lowest BCUT2D eigenvalue weighted by molar-refractivity contribution is -0.780. The third-order valence-corrected chi connectivity index (χ3v) is 15.0. The maximum Gasteiger partial charge on any atom is 0.300 e. The quantitative estimate of drug-likeness (QED) is 0.100. The van der Waals surface area contributed by atoms with E-state index in [-0.39, 0.29) is 17.5 Å². The highest BCUT2D eigenvalue weighted by Gasteiger charge is 2.75. The van der Waals surface area contributed by atoms with Gasteiger partial charge in [0, 0.05) is 33.2 Å². The number of rotatable bonds is 3. The molecule has 3 unspecified atom stereocenters. The van der Waals surface area contributed by atoms with Gasteiger partial charge in [-0.15, -0.1) is 0 Å². The van der Waals surface area contributed by atoms with E-state index in [1.54, 1.807) is 12.1 Å². The number of pyridine rings is 1. The van der Waals surface area contributed by atoms with Crippen LogP contribution in [0, 0.1) is 11.6 Å². The summed E-state index contributed by atoms with van der Waals surface area (Å²) in [5.41, 5.74) is 11.3. The fourth-order valence-electron chi connectivity index (χ4n) is 10.5. The van der Waals surface area contributed by atoms with Crippen molar-refractivity contribution in [2.24, 2.45) is 0 Å². The van der Waals surface area contributed by atoms with Gasteiger partial charge in [0.1, 0.15) is 34.4 Å². The van der Waals surface area contributed by atoms with Crippen molar-refractivity contribution in [1.29, 1.82) is 0 Å². The van der Waals surface area contributed by atoms with Crippen LogP contribution < -0.4 is 14.3 Å². The molecule has 1 fully saturated rings. The molecule has 4 nitrogen and oxygen atoms in total. The molecule has 2 aliphatic heterocycles. The number of aromatic nitrogens is 3. The molecule has 0 amide bonds. The van der Waals surface area contributed by atoms with E-state index in [4.69, 9.17) is 11.0 Å². The number of furan rings is 1. The van der Waals surface area contributed by atoms with Crippen LogP contribution in [0.4, 0.5) is 8.78 Å². The zero-order valence-electron chi connectivity index (χ0n) is 31.7. The van der Waals surface area contributed by atoms with Crippen molar-refractivity contribution in [3.05, 3.63) is 181 Å². The topological polar surface area (TPSA) is 25.8 Å². The Hall–Kier alpha value is -6.44. The van der Waals surface area contributed by atoms with Gasteiger partial charge in [-0.2, -0.15) is 9.13 Å². The fourth-order valence-corrected chi connectivity index (χ4v) is 11.7. The zero-order valence-corrected chi connectivity index (χ0v) is 32.7. The van der Waals surface area contributed by atoms with E-state index in [0.717, 1.165) is 55.6 Å². The molecule has 274 valence electrons. The highest BCUT2D eigenvalue weighted by molar-refractivity contribution is 6.88. The molecular formula is C50H37F2N3OSi+2. The molecule has 0 saturated heterocycles. The molecular weight excluding hydrogens is 725 g/mol. The van der Waals surface area contributed by atoms with Gasteiger partial charge >= 0.3 is 0 Å². The molecule has 5 heterocycles. The van der Waals surface area contributed by atoms with Crippen molar-refractivity contribution in [2.75, 3.05) is 0 Å². The van der Waals surface area contributed by atoms with Gasteiger partial charge in [-0.1, -0.05) is 99.0 Å². The minimum Gasteiger partial charge on any atom is -0.455 e. The van der Waals surface area contributed by atoms with Crippen LogP contribution in [0.1, 0.15) is 23.1 Å². The second-order valence-electron chi connectivity index (χ2n) is 16.9. The predicted octanol–water partition coefficient (Wildman–Crippen LogP) is 10.9. The summed E-state index contributed by atoms with van der Waals surface area (Å²) in [6.07, 6.45) is 2.42. The number of hydrogen-bond acceptors (Lipinski definition) is 1. The molecule has 3 atom stereocenters. The lowest BCUT2D eigenvalue weighted by atomic mass is 9.52. The molecule has 57 heavy (non-hydrogen) atoms. The average Bonchev–Trinajstić information content (AvgIpc) is 3.86. The summed E-state index contributed by atoms with van der Waals surface area (Å²) >= 11 is 0. The molecule has 12 rings (SSSR count). The normalized spacial score (nSPS) is 19.1. The van der Waals surface area contributed by atoms with E-state index >= 15 is 8.78 Å². The Morgan fingerprint density at radius 3 is 2.28 bits per heavy atom. The van der Waals surface area contributed by atoms with Gasteiger partial charge in [0.15, 0.2) is 34.4 Å². The van der Waals surface area contributed by atoms with Gasteiger partial charge in [0.05, 0.1) is 19.2 Å². The molecule has 1 aliphatic carbocycles. The Morgan fingerprint density at radius 2 is 1.47 bits per heavy atom. The third-order valence-electron chi connectivity index (χ3n) is 13.0. The van der Waals surface area contributed by atoms with Crippen molar-refractivity contribution < 1.29 is 22.3 Å². The van der Waals surface area contributed by atoms with E-state index in [9.17, 15) is 0 Å². The Labute approximate surface area is 329 Å². The molecule has 0 N–H and O–H groups in total. The van der Waals surface area contributed by atoms with Crippen molar-refractivity contribution in [3.8, 4) is 39.5 Å². The summed E-state index contributed by atoms with van der Waals surface area (Å²) in [6.45, 7) is 12.3. The molecule has 1 saturated carbocycles. The Bertz CT molecular complexity index is 3230. The highest BCUT2D eigenvalue weighted by Crippen LogP contribution is 2.67. The number of halogens is 2. The van der Waals surface area contributed by atoms with Crippen molar-refractivity contribution in [1.82, 2.24) is 4.57 Å². The summed E-state index contributed by atoms with van der Waals surface area (Å²) in [5, 5.41) is 3.25. The molecule has 1 spiro atoms. The smallest absolute Gasteiger partial charge is 0.300 e. The van der Waals surface area contributed by atoms with Gasteiger partial charge in [-0.25, -0.2) is 13.3 Å². The van der Waals surface area contributed by atoms with Gasteiger partial charge < -0.3 is 4.42 Å². The summed E-state index contributed by atoms with van der Waals surface area (Å²) in [6, 6.07) is 46.7. The van der Waals surface area contributed by atoms with Crippen LogP contribution in [-0.2, 0) is 5.54 Å². The number of nitrogens with zero attached hydrogens (tertiary/aromatic N) is 3. The number of fused-ring (bicyclic) bond motifs is 18. The molecule has 7 heteroatoms. The van der Waals surface area contributed by atoms with Crippen molar-refractivity contribution >= 4 is 46.2 Å². The van der Waals surface area contributed by atoms with E-state index < -0.39 is 25.2 Å². The summed E-state index contributed by atoms with van der Waals surface area (Å²) in [4.78, 5) is 0. The average molecular weight is 762 g/mol. The highest BCUT2D eigenvalue weighted by atomic mass is 28.3. The first-order chi connectivity index (χ1) is 27.7. The monoisotopic (exact) mass is 761 g/mol.